The zero-order chi connectivity index (χ0) is 19.5. The van der Waals surface area contributed by atoms with E-state index >= 15 is 0 Å². The highest BCUT2D eigenvalue weighted by Gasteiger charge is 2.20. The fourth-order valence-electron chi connectivity index (χ4n) is 3.24. The predicted octanol–water partition coefficient (Wildman–Crippen LogP) is 3.75. The lowest BCUT2D eigenvalue weighted by atomic mass is 10.1. The van der Waals surface area contributed by atoms with Crippen molar-refractivity contribution in [2.75, 3.05) is 17.2 Å². The van der Waals surface area contributed by atoms with Gasteiger partial charge in [0, 0.05) is 59.1 Å². The van der Waals surface area contributed by atoms with Gasteiger partial charge in [-0.2, -0.15) is 0 Å². The SMILES string of the molecule is O=C(CCBr)Nc1ccc(-c2cc(-c3cc4c([nH]3)CCNC4=O)ccn2)cc1. The van der Waals surface area contributed by atoms with Gasteiger partial charge >= 0.3 is 0 Å². The summed E-state index contributed by atoms with van der Waals surface area (Å²) in [6.45, 7) is 0.659. The largest absolute Gasteiger partial charge is 0.358 e. The minimum atomic E-state index is -0.0319. The van der Waals surface area contributed by atoms with E-state index in [9.17, 15) is 9.59 Å². The molecule has 142 valence electrons. The summed E-state index contributed by atoms with van der Waals surface area (Å²) in [4.78, 5) is 31.5. The van der Waals surface area contributed by atoms with Crippen molar-refractivity contribution in [3.63, 3.8) is 0 Å². The second-order valence-electron chi connectivity index (χ2n) is 6.58. The number of aromatic nitrogens is 2. The quantitative estimate of drug-likeness (QED) is 0.530. The van der Waals surface area contributed by atoms with Gasteiger partial charge in [0.1, 0.15) is 0 Å². The first-order chi connectivity index (χ1) is 13.6. The third-order valence-electron chi connectivity index (χ3n) is 4.66. The summed E-state index contributed by atoms with van der Waals surface area (Å²) < 4.78 is 0. The summed E-state index contributed by atoms with van der Waals surface area (Å²) >= 11 is 3.26. The fourth-order valence-corrected chi connectivity index (χ4v) is 3.60. The molecule has 0 saturated carbocycles. The Labute approximate surface area is 170 Å². The number of nitrogens with one attached hydrogen (secondary N) is 3. The first-order valence-corrected chi connectivity index (χ1v) is 10.2. The number of anilines is 1. The third-order valence-corrected chi connectivity index (χ3v) is 5.06. The number of nitrogens with zero attached hydrogens (tertiary/aromatic N) is 1. The highest BCUT2D eigenvalue weighted by Crippen LogP contribution is 2.27. The Morgan fingerprint density at radius 2 is 1.96 bits per heavy atom. The number of pyridine rings is 1. The van der Waals surface area contributed by atoms with Crippen LogP contribution in [0, 0.1) is 0 Å². The number of alkyl halides is 1. The summed E-state index contributed by atoms with van der Waals surface area (Å²) in [5, 5.41) is 6.36. The molecule has 0 fully saturated rings. The molecule has 3 aromatic rings. The van der Waals surface area contributed by atoms with Crippen LogP contribution < -0.4 is 10.6 Å². The first-order valence-electron chi connectivity index (χ1n) is 9.07. The number of rotatable bonds is 5. The monoisotopic (exact) mass is 438 g/mol. The Morgan fingerprint density at radius 1 is 1.14 bits per heavy atom. The molecule has 2 amide bonds. The van der Waals surface area contributed by atoms with Crippen molar-refractivity contribution in [3.8, 4) is 22.5 Å². The van der Waals surface area contributed by atoms with Gasteiger partial charge < -0.3 is 15.6 Å². The molecule has 0 spiro atoms. The van der Waals surface area contributed by atoms with E-state index in [-0.39, 0.29) is 11.8 Å². The van der Waals surface area contributed by atoms with E-state index in [0.717, 1.165) is 40.3 Å². The van der Waals surface area contributed by atoms with Gasteiger partial charge in [-0.05, 0) is 30.3 Å². The maximum Gasteiger partial charge on any atom is 0.253 e. The van der Waals surface area contributed by atoms with E-state index in [1.807, 2.05) is 42.5 Å². The number of aromatic amines is 1. The molecule has 0 atom stereocenters. The molecule has 0 radical (unpaired) electrons. The Bertz CT molecular complexity index is 1030. The van der Waals surface area contributed by atoms with Gasteiger partial charge in [-0.15, -0.1) is 0 Å². The zero-order valence-electron chi connectivity index (χ0n) is 15.1. The van der Waals surface area contributed by atoms with Crippen LogP contribution in [0.5, 0.6) is 0 Å². The van der Waals surface area contributed by atoms with E-state index in [0.29, 0.717) is 23.9 Å². The number of H-pyrrole nitrogens is 1. The van der Waals surface area contributed by atoms with Crippen LogP contribution in [0.3, 0.4) is 0 Å². The van der Waals surface area contributed by atoms with Crippen molar-refractivity contribution >= 4 is 33.4 Å². The van der Waals surface area contributed by atoms with E-state index in [2.05, 4.69) is 36.5 Å². The van der Waals surface area contributed by atoms with E-state index < -0.39 is 0 Å². The summed E-state index contributed by atoms with van der Waals surface area (Å²) in [5.74, 6) is -0.0555. The normalized spacial score (nSPS) is 13.0. The smallest absolute Gasteiger partial charge is 0.253 e. The summed E-state index contributed by atoms with van der Waals surface area (Å²) in [6, 6.07) is 13.4. The van der Waals surface area contributed by atoms with Crippen molar-refractivity contribution in [1.82, 2.24) is 15.3 Å². The number of carbonyl (C=O) groups excluding carboxylic acids is 2. The molecule has 0 unspecified atom stereocenters. The third kappa shape index (κ3) is 3.84. The number of benzene rings is 1. The van der Waals surface area contributed by atoms with E-state index in [1.165, 1.54) is 0 Å². The topological polar surface area (TPSA) is 86.9 Å². The van der Waals surface area contributed by atoms with Crippen molar-refractivity contribution in [1.29, 1.82) is 0 Å². The number of halogens is 1. The maximum absolute atomic E-state index is 12.0. The number of amides is 2. The molecule has 0 saturated heterocycles. The van der Waals surface area contributed by atoms with Crippen LogP contribution in [0.15, 0.2) is 48.7 Å². The van der Waals surface area contributed by atoms with Gasteiger partial charge in [-0.1, -0.05) is 28.1 Å². The lowest BCUT2D eigenvalue weighted by Crippen LogP contribution is -2.31. The van der Waals surface area contributed by atoms with Gasteiger partial charge in [-0.25, -0.2) is 0 Å². The van der Waals surface area contributed by atoms with Crippen LogP contribution in [0.4, 0.5) is 5.69 Å². The van der Waals surface area contributed by atoms with Crippen molar-refractivity contribution < 1.29 is 9.59 Å². The molecule has 7 heteroatoms. The molecule has 0 aliphatic carbocycles. The minimum Gasteiger partial charge on any atom is -0.358 e. The minimum absolute atomic E-state index is 0.0236. The van der Waals surface area contributed by atoms with Crippen LogP contribution in [-0.4, -0.2) is 33.7 Å². The standard InChI is InChI=1S/C21H19BrN4O2/c22-8-5-20(27)25-15-3-1-13(2-4-15)18-11-14(6-9-23-18)19-12-16-17(26-19)7-10-24-21(16)28/h1-4,6,9,11-12,26H,5,7-8,10H2,(H,24,28)(H,25,27). The molecule has 0 bridgehead atoms. The lowest BCUT2D eigenvalue weighted by Gasteiger charge is -2.11. The number of carbonyl (C=O) groups is 2. The molecule has 1 aromatic carbocycles. The fraction of sp³-hybridized carbons (Fsp3) is 0.190. The molecule has 1 aliphatic heterocycles. The molecule has 3 N–H and O–H groups in total. The molecule has 2 aromatic heterocycles. The summed E-state index contributed by atoms with van der Waals surface area (Å²) in [5.41, 5.74) is 6.10. The van der Waals surface area contributed by atoms with Crippen LogP contribution in [0.2, 0.25) is 0 Å². The molecule has 3 heterocycles. The average Bonchev–Trinajstić information content (AvgIpc) is 3.15. The van der Waals surface area contributed by atoms with Crippen LogP contribution in [0.25, 0.3) is 22.5 Å². The van der Waals surface area contributed by atoms with Gasteiger partial charge in [0.05, 0.1) is 11.3 Å². The second-order valence-corrected chi connectivity index (χ2v) is 7.37. The van der Waals surface area contributed by atoms with Crippen molar-refractivity contribution in [2.24, 2.45) is 0 Å². The van der Waals surface area contributed by atoms with Crippen LogP contribution in [0.1, 0.15) is 22.5 Å². The molecule has 4 rings (SSSR count). The molecular formula is C21H19BrN4O2. The number of hydrogen-bond donors (Lipinski definition) is 3. The highest BCUT2D eigenvalue weighted by molar-refractivity contribution is 9.09. The van der Waals surface area contributed by atoms with Gasteiger partial charge in [0.15, 0.2) is 0 Å². The predicted molar refractivity (Wildman–Crippen MR) is 113 cm³/mol. The van der Waals surface area contributed by atoms with Crippen LogP contribution in [-0.2, 0) is 11.2 Å². The average molecular weight is 439 g/mol. The van der Waals surface area contributed by atoms with Crippen molar-refractivity contribution in [2.45, 2.75) is 12.8 Å². The molecular weight excluding hydrogens is 420 g/mol. The van der Waals surface area contributed by atoms with Crippen molar-refractivity contribution in [3.05, 3.63) is 59.9 Å². The summed E-state index contributed by atoms with van der Waals surface area (Å²) in [7, 11) is 0. The zero-order valence-corrected chi connectivity index (χ0v) is 16.7. The Balaban J connectivity index is 1.57. The van der Waals surface area contributed by atoms with Gasteiger partial charge in [-0.3, -0.25) is 14.6 Å². The Hall–Kier alpha value is -2.93. The van der Waals surface area contributed by atoms with Gasteiger partial charge in [0.25, 0.3) is 5.91 Å². The van der Waals surface area contributed by atoms with E-state index in [4.69, 9.17) is 0 Å². The van der Waals surface area contributed by atoms with Crippen LogP contribution >= 0.6 is 15.9 Å². The summed E-state index contributed by atoms with van der Waals surface area (Å²) in [6.07, 6.45) is 3.00. The first kappa shape index (κ1) is 18.4. The highest BCUT2D eigenvalue weighted by atomic mass is 79.9. The molecule has 1 aliphatic rings. The lowest BCUT2D eigenvalue weighted by molar-refractivity contribution is -0.115. The Kier molecular flexibility index (Phi) is 5.25. The number of fused-ring (bicyclic) bond motifs is 1. The van der Waals surface area contributed by atoms with Gasteiger partial charge in [0.2, 0.25) is 5.91 Å². The Morgan fingerprint density at radius 3 is 2.71 bits per heavy atom. The second kappa shape index (κ2) is 7.98. The molecule has 6 nitrogen and oxygen atoms in total. The number of hydrogen-bond acceptors (Lipinski definition) is 3. The van der Waals surface area contributed by atoms with E-state index in [1.54, 1.807) is 6.20 Å². The molecule has 28 heavy (non-hydrogen) atoms. The maximum atomic E-state index is 12.0.